The number of halogens is 2. The van der Waals surface area contributed by atoms with Crippen molar-refractivity contribution in [2.75, 3.05) is 0 Å². The molecule has 0 aliphatic carbocycles. The zero-order chi connectivity index (χ0) is 44.5. The maximum atomic E-state index is 13.4. The molecule has 324 valence electrons. The Balaban J connectivity index is 0.000000162. The van der Waals surface area contributed by atoms with Crippen molar-refractivity contribution in [1.29, 1.82) is 0 Å². The summed E-state index contributed by atoms with van der Waals surface area (Å²) in [4.78, 5) is 27.8. The zero-order valence-corrected chi connectivity index (χ0v) is 36.9. The van der Waals surface area contributed by atoms with Crippen molar-refractivity contribution in [2.45, 2.75) is 92.2 Å². The molecule has 2 aliphatic heterocycles. The molecule has 0 fully saturated rings. The summed E-state index contributed by atoms with van der Waals surface area (Å²) >= 11 is 0. The van der Waals surface area contributed by atoms with Crippen molar-refractivity contribution in [1.82, 2.24) is 58.6 Å². The van der Waals surface area contributed by atoms with E-state index in [9.17, 15) is 8.78 Å². The maximum Gasteiger partial charge on any atom is 0.174 e. The Morgan fingerprint density at radius 2 is 0.953 bits per heavy atom. The van der Waals surface area contributed by atoms with E-state index < -0.39 is 0 Å². The monoisotopic (exact) mass is 856 g/mol. The number of hydrogen-bond donors (Lipinski definition) is 0. The van der Waals surface area contributed by atoms with Gasteiger partial charge in [-0.3, -0.25) is 9.97 Å². The molecule has 2 aliphatic rings. The molecule has 8 heterocycles. The number of imidazole rings is 2. The van der Waals surface area contributed by atoms with Crippen LogP contribution in [0.2, 0.25) is 0 Å². The van der Waals surface area contributed by atoms with E-state index in [0.29, 0.717) is 11.6 Å². The summed E-state index contributed by atoms with van der Waals surface area (Å²) in [6.07, 6.45) is 15.6. The van der Waals surface area contributed by atoms with Gasteiger partial charge >= 0.3 is 0 Å². The van der Waals surface area contributed by atoms with Crippen LogP contribution in [0.1, 0.15) is 120 Å². The molecule has 64 heavy (non-hydrogen) atoms. The van der Waals surface area contributed by atoms with Crippen LogP contribution in [0, 0.1) is 39.3 Å². The van der Waals surface area contributed by atoms with Crippen LogP contribution in [0.3, 0.4) is 0 Å². The molecule has 0 radical (unpaired) electrons. The van der Waals surface area contributed by atoms with E-state index in [1.807, 2.05) is 121 Å². The Labute approximate surface area is 371 Å². The van der Waals surface area contributed by atoms with Gasteiger partial charge in [-0.1, -0.05) is 24.3 Å². The lowest BCUT2D eigenvalue weighted by atomic mass is 9.91. The molecule has 6 aromatic heterocycles. The van der Waals surface area contributed by atoms with Gasteiger partial charge in [0.25, 0.3) is 0 Å². The first kappa shape index (κ1) is 42.1. The fourth-order valence-corrected chi connectivity index (χ4v) is 8.62. The Hall–Kier alpha value is -7.22. The van der Waals surface area contributed by atoms with E-state index in [1.165, 1.54) is 24.3 Å². The predicted octanol–water partition coefficient (Wildman–Crippen LogP) is 10.2. The zero-order valence-electron chi connectivity index (χ0n) is 36.9. The lowest BCUT2D eigenvalue weighted by molar-refractivity contribution is 0.445. The Morgan fingerprint density at radius 1 is 0.547 bits per heavy atom. The highest BCUT2D eigenvalue weighted by molar-refractivity contribution is 5.77. The van der Waals surface area contributed by atoms with Crippen molar-refractivity contribution >= 4 is 23.3 Å². The summed E-state index contributed by atoms with van der Waals surface area (Å²) in [6, 6.07) is 21.6. The third-order valence-electron chi connectivity index (χ3n) is 11.9. The van der Waals surface area contributed by atoms with Gasteiger partial charge in [0.15, 0.2) is 11.6 Å². The molecular weight excluding hydrogens is 807 g/mol. The van der Waals surface area contributed by atoms with Crippen molar-refractivity contribution in [2.24, 2.45) is 0 Å². The van der Waals surface area contributed by atoms with Crippen LogP contribution in [-0.4, -0.2) is 58.6 Å². The van der Waals surface area contributed by atoms with Crippen LogP contribution >= 0.6 is 0 Å². The number of allylic oxidation sites excluding steroid dienone is 2. The molecule has 0 N–H and O–H groups in total. The molecule has 0 unspecified atom stereocenters. The van der Waals surface area contributed by atoms with Gasteiger partial charge in [0.2, 0.25) is 0 Å². The molecule has 2 aromatic carbocycles. The Kier molecular flexibility index (Phi) is 11.8. The van der Waals surface area contributed by atoms with Gasteiger partial charge in [-0.25, -0.2) is 38.1 Å². The lowest BCUT2D eigenvalue weighted by Gasteiger charge is -2.22. The summed E-state index contributed by atoms with van der Waals surface area (Å²) in [5.74, 6) is 3.08. The number of aryl methyl sites for hydroxylation is 6. The maximum absolute atomic E-state index is 13.4. The Bertz CT molecular complexity index is 2800. The number of benzene rings is 2. The quantitative estimate of drug-likeness (QED) is 0.148. The van der Waals surface area contributed by atoms with E-state index in [0.717, 1.165) is 118 Å². The van der Waals surface area contributed by atoms with E-state index in [4.69, 9.17) is 30.1 Å². The first-order valence-corrected chi connectivity index (χ1v) is 21.7. The van der Waals surface area contributed by atoms with Crippen molar-refractivity contribution < 1.29 is 8.78 Å². The minimum atomic E-state index is -0.220. The average molecular weight is 857 g/mol. The molecule has 0 amide bonds. The van der Waals surface area contributed by atoms with Gasteiger partial charge in [0.1, 0.15) is 23.3 Å². The molecular formula is C50H50F2N12. The summed E-state index contributed by atoms with van der Waals surface area (Å²) < 4.78 is 34.7. The number of rotatable bonds is 8. The van der Waals surface area contributed by atoms with E-state index >= 15 is 0 Å². The van der Waals surface area contributed by atoms with Crippen LogP contribution in [0.5, 0.6) is 0 Å². The minimum absolute atomic E-state index is 0.137. The smallest absolute Gasteiger partial charge is 0.174 e. The van der Waals surface area contributed by atoms with Gasteiger partial charge in [0, 0.05) is 37.3 Å². The Morgan fingerprint density at radius 3 is 1.31 bits per heavy atom. The second-order valence-corrected chi connectivity index (χ2v) is 16.7. The number of aromatic nitrogens is 12. The highest BCUT2D eigenvalue weighted by Gasteiger charge is 2.27. The standard InChI is InChI=1S/2C25H25FN6/c2*1-16(22-10-11-23(18(3)28-22)31-14-17(2)27-15-31)13-24-29-25-21(5-4-12-32(25)30-24)19-6-8-20(26)9-7-19/h2*6-11,13-15,21H,4-5,12H2,1-3H3/b2*16-13+/t2*21-/m10/s1. The second kappa shape index (κ2) is 17.9. The summed E-state index contributed by atoms with van der Waals surface area (Å²) in [6.45, 7) is 13.7. The van der Waals surface area contributed by atoms with E-state index in [-0.39, 0.29) is 23.5 Å². The van der Waals surface area contributed by atoms with Gasteiger partial charge in [-0.15, -0.1) is 0 Å². The average Bonchev–Trinajstić information content (AvgIpc) is 4.11. The molecule has 0 saturated heterocycles. The third-order valence-corrected chi connectivity index (χ3v) is 11.9. The molecule has 10 rings (SSSR count). The highest BCUT2D eigenvalue weighted by Crippen LogP contribution is 2.34. The number of nitrogens with zero attached hydrogens (tertiary/aromatic N) is 12. The fraction of sp³-hybridized carbons (Fsp3) is 0.280. The molecule has 0 bridgehead atoms. The van der Waals surface area contributed by atoms with Gasteiger partial charge in [-0.05, 0) is 150 Å². The van der Waals surface area contributed by atoms with Crippen LogP contribution in [0.4, 0.5) is 8.78 Å². The predicted molar refractivity (Wildman–Crippen MR) is 244 cm³/mol. The highest BCUT2D eigenvalue weighted by atomic mass is 19.1. The fourth-order valence-electron chi connectivity index (χ4n) is 8.62. The molecule has 14 heteroatoms. The SMILES string of the molecule is C/C(=C\c1nc2n(n1)CCC[C@@H]2c1ccc(F)cc1)c1ccc(-n2cnc(C)c2)c(C)n1.C/C(=C\c1nc2n(n1)CCC[C@H]2c1ccc(F)cc1)c1ccc(-n2cnc(C)c2)c(C)n1. The summed E-state index contributed by atoms with van der Waals surface area (Å²) in [5.41, 5.74) is 11.8. The van der Waals surface area contributed by atoms with Gasteiger partial charge in [-0.2, -0.15) is 10.2 Å². The number of pyridine rings is 2. The minimum Gasteiger partial charge on any atom is -0.304 e. The number of hydrogen-bond acceptors (Lipinski definition) is 8. The first-order chi connectivity index (χ1) is 30.9. The largest absolute Gasteiger partial charge is 0.304 e. The van der Waals surface area contributed by atoms with Gasteiger partial charge in [0.05, 0.1) is 58.2 Å². The first-order valence-electron chi connectivity index (χ1n) is 21.7. The molecule has 0 saturated carbocycles. The molecule has 8 aromatic rings. The third kappa shape index (κ3) is 8.99. The normalized spacial score (nSPS) is 16.2. The van der Waals surface area contributed by atoms with E-state index in [2.05, 4.69) is 22.1 Å². The van der Waals surface area contributed by atoms with Crippen LogP contribution < -0.4 is 0 Å². The summed E-state index contributed by atoms with van der Waals surface area (Å²) in [5, 5.41) is 9.43. The molecule has 2 atom stereocenters. The van der Waals surface area contributed by atoms with Crippen molar-refractivity contribution in [3.05, 3.63) is 178 Å². The summed E-state index contributed by atoms with van der Waals surface area (Å²) in [7, 11) is 0. The van der Waals surface area contributed by atoms with Crippen LogP contribution in [0.25, 0.3) is 34.7 Å². The van der Waals surface area contributed by atoms with Crippen molar-refractivity contribution in [3.63, 3.8) is 0 Å². The van der Waals surface area contributed by atoms with Crippen molar-refractivity contribution in [3.8, 4) is 11.4 Å². The van der Waals surface area contributed by atoms with E-state index in [1.54, 1.807) is 12.7 Å². The number of fused-ring (bicyclic) bond motifs is 2. The molecule has 12 nitrogen and oxygen atoms in total. The van der Waals surface area contributed by atoms with Crippen LogP contribution in [-0.2, 0) is 13.1 Å². The lowest BCUT2D eigenvalue weighted by Crippen LogP contribution is -2.17. The van der Waals surface area contributed by atoms with Gasteiger partial charge < -0.3 is 9.13 Å². The molecule has 0 spiro atoms. The van der Waals surface area contributed by atoms with Crippen LogP contribution in [0.15, 0.2) is 97.8 Å². The second-order valence-electron chi connectivity index (χ2n) is 16.7. The topological polar surface area (TPSA) is 123 Å².